The first kappa shape index (κ1) is 20.0. The molecule has 0 spiro atoms. The van der Waals surface area contributed by atoms with Crippen LogP contribution in [-0.4, -0.2) is 17.4 Å². The highest BCUT2D eigenvalue weighted by atomic mass is 32.1. The Morgan fingerprint density at radius 1 is 1.07 bits per heavy atom. The van der Waals surface area contributed by atoms with Gasteiger partial charge >= 0.3 is 5.97 Å². The first-order valence-electron chi connectivity index (χ1n) is 9.72. The van der Waals surface area contributed by atoms with Crippen LogP contribution in [0, 0.1) is 0 Å². The number of carbonyl (C=O) groups is 2. The third-order valence-corrected chi connectivity index (χ3v) is 6.69. The molecule has 1 heterocycles. The summed E-state index contributed by atoms with van der Waals surface area (Å²) >= 11 is 1.58. The molecule has 0 bridgehead atoms. The van der Waals surface area contributed by atoms with Crippen LogP contribution in [0.5, 0.6) is 0 Å². The molecule has 0 saturated carbocycles. The van der Waals surface area contributed by atoms with Gasteiger partial charge in [0.05, 0.1) is 5.56 Å². The molecule has 0 amide bonds. The Morgan fingerprint density at radius 3 is 2.37 bits per heavy atom. The van der Waals surface area contributed by atoms with Crippen LogP contribution >= 0.6 is 11.3 Å². The van der Waals surface area contributed by atoms with Gasteiger partial charge in [0.2, 0.25) is 0 Å². The van der Waals surface area contributed by atoms with E-state index in [4.69, 9.17) is 5.11 Å². The SMILES string of the molecule is C=C(c1ccc(C(=O)O)cc1)c1ccc2c(c1)C(c1cc(C=O)cs1)=CCC2(C)C. The first-order valence-corrected chi connectivity index (χ1v) is 10.6. The summed E-state index contributed by atoms with van der Waals surface area (Å²) < 4.78 is 0. The third kappa shape index (κ3) is 3.55. The Balaban J connectivity index is 1.77. The van der Waals surface area contributed by atoms with E-state index in [9.17, 15) is 9.59 Å². The molecular formula is C26H22O3S. The number of allylic oxidation sites excluding steroid dienone is 1. The zero-order valence-electron chi connectivity index (χ0n) is 16.9. The van der Waals surface area contributed by atoms with Crippen molar-refractivity contribution >= 4 is 34.7 Å². The van der Waals surface area contributed by atoms with E-state index in [-0.39, 0.29) is 11.0 Å². The van der Waals surface area contributed by atoms with Gasteiger partial charge in [0.25, 0.3) is 0 Å². The van der Waals surface area contributed by atoms with Crippen LogP contribution in [0.15, 0.2) is 66.6 Å². The number of aromatic carboxylic acids is 1. The number of carboxylic acids is 1. The normalized spacial score (nSPS) is 14.5. The van der Waals surface area contributed by atoms with E-state index in [1.807, 2.05) is 11.4 Å². The van der Waals surface area contributed by atoms with Gasteiger partial charge in [0.1, 0.15) is 0 Å². The second kappa shape index (κ2) is 7.54. The topological polar surface area (TPSA) is 54.4 Å². The van der Waals surface area contributed by atoms with Gasteiger partial charge in [-0.3, -0.25) is 4.79 Å². The molecule has 0 fully saturated rings. The lowest BCUT2D eigenvalue weighted by Gasteiger charge is -2.32. The largest absolute Gasteiger partial charge is 0.478 e. The van der Waals surface area contributed by atoms with E-state index >= 15 is 0 Å². The molecule has 0 aliphatic heterocycles. The van der Waals surface area contributed by atoms with E-state index < -0.39 is 5.97 Å². The highest BCUT2D eigenvalue weighted by Gasteiger charge is 2.29. The minimum atomic E-state index is -0.941. The number of hydrogen-bond acceptors (Lipinski definition) is 3. The van der Waals surface area contributed by atoms with Crippen LogP contribution in [-0.2, 0) is 5.41 Å². The summed E-state index contributed by atoms with van der Waals surface area (Å²) in [6.45, 7) is 8.74. The summed E-state index contributed by atoms with van der Waals surface area (Å²) in [5, 5.41) is 11.0. The fraction of sp³-hybridized carbons (Fsp3) is 0.154. The summed E-state index contributed by atoms with van der Waals surface area (Å²) in [7, 11) is 0. The Morgan fingerprint density at radius 2 is 1.73 bits per heavy atom. The minimum Gasteiger partial charge on any atom is -0.478 e. The maximum Gasteiger partial charge on any atom is 0.335 e. The van der Waals surface area contributed by atoms with Gasteiger partial charge < -0.3 is 5.11 Å². The Labute approximate surface area is 180 Å². The van der Waals surface area contributed by atoms with Crippen molar-refractivity contribution in [3.05, 3.63) is 105 Å². The number of benzene rings is 2. The molecule has 4 rings (SSSR count). The zero-order valence-corrected chi connectivity index (χ0v) is 17.8. The minimum absolute atomic E-state index is 0.0204. The molecule has 1 aromatic heterocycles. The summed E-state index contributed by atoms with van der Waals surface area (Å²) in [5.41, 5.74) is 7.29. The Hall–Kier alpha value is -3.24. The summed E-state index contributed by atoms with van der Waals surface area (Å²) in [4.78, 5) is 23.4. The maximum atomic E-state index is 11.2. The van der Waals surface area contributed by atoms with Crippen LogP contribution in [0.1, 0.15) is 68.1 Å². The average Bonchev–Trinajstić information content (AvgIpc) is 3.22. The number of aldehydes is 1. The quantitative estimate of drug-likeness (QED) is 0.489. The van der Waals surface area contributed by atoms with Crippen molar-refractivity contribution in [2.24, 2.45) is 0 Å². The number of carbonyl (C=O) groups excluding carboxylic acids is 1. The molecule has 2 aromatic carbocycles. The van der Waals surface area contributed by atoms with Gasteiger partial charge in [-0.05, 0) is 69.5 Å². The van der Waals surface area contributed by atoms with E-state index in [0.717, 1.165) is 45.4 Å². The van der Waals surface area contributed by atoms with Crippen LogP contribution in [0.4, 0.5) is 0 Å². The van der Waals surface area contributed by atoms with Crippen LogP contribution in [0.3, 0.4) is 0 Å². The van der Waals surface area contributed by atoms with Gasteiger partial charge in [-0.15, -0.1) is 11.3 Å². The lowest BCUT2D eigenvalue weighted by molar-refractivity contribution is 0.0696. The monoisotopic (exact) mass is 414 g/mol. The number of thiophene rings is 1. The second-order valence-corrected chi connectivity index (χ2v) is 9.10. The molecule has 3 aromatic rings. The highest BCUT2D eigenvalue weighted by molar-refractivity contribution is 7.11. The average molecular weight is 415 g/mol. The molecule has 0 atom stereocenters. The summed E-state index contributed by atoms with van der Waals surface area (Å²) in [5.74, 6) is -0.941. The molecule has 150 valence electrons. The van der Waals surface area contributed by atoms with Crippen molar-refractivity contribution in [2.45, 2.75) is 25.7 Å². The van der Waals surface area contributed by atoms with E-state index in [0.29, 0.717) is 5.56 Å². The molecule has 1 aliphatic carbocycles. The van der Waals surface area contributed by atoms with Crippen LogP contribution in [0.25, 0.3) is 11.1 Å². The van der Waals surface area contributed by atoms with E-state index in [1.165, 1.54) is 5.56 Å². The molecule has 1 aliphatic rings. The van der Waals surface area contributed by atoms with Crippen molar-refractivity contribution in [2.75, 3.05) is 0 Å². The molecule has 3 nitrogen and oxygen atoms in total. The van der Waals surface area contributed by atoms with Crippen molar-refractivity contribution in [1.29, 1.82) is 0 Å². The maximum absolute atomic E-state index is 11.2. The molecule has 0 unspecified atom stereocenters. The van der Waals surface area contributed by atoms with Crippen molar-refractivity contribution in [3.8, 4) is 0 Å². The van der Waals surface area contributed by atoms with Crippen molar-refractivity contribution in [1.82, 2.24) is 0 Å². The molecule has 0 radical (unpaired) electrons. The fourth-order valence-corrected chi connectivity index (χ4v) is 4.80. The number of fused-ring (bicyclic) bond motifs is 1. The van der Waals surface area contributed by atoms with Gasteiger partial charge in [-0.1, -0.05) is 50.8 Å². The van der Waals surface area contributed by atoms with Gasteiger partial charge in [0.15, 0.2) is 6.29 Å². The van der Waals surface area contributed by atoms with E-state index in [2.05, 4.69) is 44.7 Å². The van der Waals surface area contributed by atoms with Gasteiger partial charge in [0, 0.05) is 15.8 Å². The van der Waals surface area contributed by atoms with Crippen LogP contribution < -0.4 is 0 Å². The Kier molecular flexibility index (Phi) is 5.04. The first-order chi connectivity index (χ1) is 14.3. The summed E-state index contributed by atoms with van der Waals surface area (Å²) in [6, 6.07) is 15.1. The van der Waals surface area contributed by atoms with Gasteiger partial charge in [-0.2, -0.15) is 0 Å². The lowest BCUT2D eigenvalue weighted by atomic mass is 9.72. The standard InChI is InChI=1S/C26H22O3S/c1-16(18-4-6-19(7-5-18)25(28)29)20-8-9-23-22(13-20)21(10-11-26(23,2)3)24-12-17(14-27)15-30-24/h4-10,12-15H,1,11H2,2-3H3,(H,28,29). The van der Waals surface area contributed by atoms with Crippen molar-refractivity contribution in [3.63, 3.8) is 0 Å². The second-order valence-electron chi connectivity index (χ2n) is 8.19. The van der Waals surface area contributed by atoms with Crippen molar-refractivity contribution < 1.29 is 14.7 Å². The highest BCUT2D eigenvalue weighted by Crippen LogP contribution is 2.43. The molecular weight excluding hydrogens is 392 g/mol. The fourth-order valence-electron chi connectivity index (χ4n) is 3.89. The van der Waals surface area contributed by atoms with E-state index in [1.54, 1.807) is 35.6 Å². The Bertz CT molecular complexity index is 1190. The number of hydrogen-bond donors (Lipinski definition) is 1. The molecule has 1 N–H and O–H groups in total. The summed E-state index contributed by atoms with van der Waals surface area (Å²) in [6.07, 6.45) is 4.07. The number of rotatable bonds is 5. The molecule has 30 heavy (non-hydrogen) atoms. The predicted octanol–water partition coefficient (Wildman–Crippen LogP) is 6.43. The van der Waals surface area contributed by atoms with Crippen LogP contribution in [0.2, 0.25) is 0 Å². The predicted molar refractivity (Wildman–Crippen MR) is 122 cm³/mol. The number of carboxylic acid groups (broad SMARTS) is 1. The molecule has 4 heteroatoms. The third-order valence-electron chi connectivity index (χ3n) is 5.71. The lowest BCUT2D eigenvalue weighted by Crippen LogP contribution is -2.21. The van der Waals surface area contributed by atoms with Gasteiger partial charge in [-0.25, -0.2) is 4.79 Å². The zero-order chi connectivity index (χ0) is 21.5. The molecule has 0 saturated heterocycles. The smallest absolute Gasteiger partial charge is 0.335 e.